The molecule has 1 rings (SSSR count). The zero-order valence-corrected chi connectivity index (χ0v) is 7.97. The number of rotatable bonds is 3. The van der Waals surface area contributed by atoms with E-state index < -0.39 is 5.67 Å². The van der Waals surface area contributed by atoms with Gasteiger partial charge in [0.2, 0.25) is 0 Å². The number of hydrogen-bond acceptors (Lipinski definition) is 3. The minimum atomic E-state index is -1.42. The molecule has 0 atom stereocenters. The van der Waals surface area contributed by atoms with Crippen molar-refractivity contribution in [2.75, 3.05) is 24.2 Å². The third-order valence-corrected chi connectivity index (χ3v) is 1.95. The van der Waals surface area contributed by atoms with Crippen LogP contribution in [0, 0.1) is 0 Å². The normalized spacial score (nSPS) is 20.5. The highest BCUT2D eigenvalue weighted by Crippen LogP contribution is 2.21. The molecular formula is C6H8FIO3. The molecule has 1 saturated heterocycles. The van der Waals surface area contributed by atoms with Crippen molar-refractivity contribution in [2.24, 2.45) is 0 Å². The Bertz CT molecular complexity index is 158. The van der Waals surface area contributed by atoms with Gasteiger partial charge in [-0.05, 0) is 0 Å². The van der Waals surface area contributed by atoms with Gasteiger partial charge in [-0.25, -0.2) is 4.39 Å². The van der Waals surface area contributed by atoms with Crippen LogP contribution in [-0.4, -0.2) is 35.9 Å². The fourth-order valence-electron chi connectivity index (χ4n) is 0.655. The van der Waals surface area contributed by atoms with Gasteiger partial charge in [0, 0.05) is 0 Å². The first-order valence-corrected chi connectivity index (χ1v) is 4.67. The highest BCUT2D eigenvalue weighted by atomic mass is 127. The third-order valence-electron chi connectivity index (χ3n) is 1.32. The first-order chi connectivity index (χ1) is 5.16. The van der Waals surface area contributed by atoms with Crippen molar-refractivity contribution in [1.82, 2.24) is 0 Å². The first-order valence-electron chi connectivity index (χ1n) is 3.14. The molecule has 1 aliphatic heterocycles. The van der Waals surface area contributed by atoms with Crippen molar-refractivity contribution < 1.29 is 18.7 Å². The summed E-state index contributed by atoms with van der Waals surface area (Å²) in [6.07, 6.45) is 0. The van der Waals surface area contributed by atoms with Crippen LogP contribution in [0.4, 0.5) is 4.39 Å². The minimum Gasteiger partial charge on any atom is -0.462 e. The molecule has 1 aliphatic rings. The van der Waals surface area contributed by atoms with Crippen LogP contribution in [0.3, 0.4) is 0 Å². The minimum absolute atomic E-state index is 0.0432. The summed E-state index contributed by atoms with van der Waals surface area (Å²) >= 11 is 1.87. The number of esters is 1. The van der Waals surface area contributed by atoms with Gasteiger partial charge in [0.1, 0.15) is 6.61 Å². The second-order valence-electron chi connectivity index (χ2n) is 2.44. The van der Waals surface area contributed by atoms with E-state index in [1.807, 2.05) is 22.6 Å². The maximum absolute atomic E-state index is 13.0. The Morgan fingerprint density at radius 2 is 2.36 bits per heavy atom. The van der Waals surface area contributed by atoms with E-state index in [-0.39, 0.29) is 30.2 Å². The van der Waals surface area contributed by atoms with Gasteiger partial charge in [0.25, 0.3) is 0 Å². The van der Waals surface area contributed by atoms with E-state index in [9.17, 15) is 9.18 Å². The molecule has 5 heteroatoms. The lowest BCUT2D eigenvalue weighted by Gasteiger charge is -2.32. The lowest BCUT2D eigenvalue weighted by molar-refractivity contribution is -0.173. The van der Waals surface area contributed by atoms with Crippen molar-refractivity contribution in [3.63, 3.8) is 0 Å². The molecule has 1 fully saturated rings. The maximum Gasteiger partial charge on any atom is 0.315 e. The quantitative estimate of drug-likeness (QED) is 0.432. The number of carbonyl (C=O) groups excluding carboxylic acids is 1. The number of carbonyl (C=O) groups is 1. The van der Waals surface area contributed by atoms with E-state index in [4.69, 9.17) is 0 Å². The van der Waals surface area contributed by atoms with Crippen LogP contribution in [0.1, 0.15) is 0 Å². The SMILES string of the molecule is O=C(CI)OCC1(F)COC1. The molecule has 0 aromatic heterocycles. The molecule has 0 aliphatic carbocycles. The lowest BCUT2D eigenvalue weighted by atomic mass is 10.1. The third kappa shape index (κ3) is 2.55. The fourth-order valence-corrected chi connectivity index (χ4v) is 0.875. The Kier molecular flexibility index (Phi) is 3.06. The molecule has 0 radical (unpaired) electrons. The predicted octanol–water partition coefficient (Wildman–Crippen LogP) is 0.703. The van der Waals surface area contributed by atoms with Crippen LogP contribution in [0.2, 0.25) is 0 Å². The van der Waals surface area contributed by atoms with Gasteiger partial charge in [-0.1, -0.05) is 22.6 Å². The number of ether oxygens (including phenoxy) is 2. The molecule has 0 N–H and O–H groups in total. The average molecular weight is 274 g/mol. The summed E-state index contributed by atoms with van der Waals surface area (Å²) in [5, 5.41) is 0. The fraction of sp³-hybridized carbons (Fsp3) is 0.833. The van der Waals surface area contributed by atoms with Crippen LogP contribution in [0.15, 0.2) is 0 Å². The van der Waals surface area contributed by atoms with Crippen molar-refractivity contribution in [3.8, 4) is 0 Å². The number of hydrogen-bond donors (Lipinski definition) is 0. The van der Waals surface area contributed by atoms with Crippen LogP contribution in [0.25, 0.3) is 0 Å². The molecule has 0 spiro atoms. The second-order valence-corrected chi connectivity index (χ2v) is 3.20. The zero-order chi connectivity index (χ0) is 8.32. The van der Waals surface area contributed by atoms with Crippen molar-refractivity contribution in [2.45, 2.75) is 5.67 Å². The summed E-state index contributed by atoms with van der Waals surface area (Å²) in [6, 6.07) is 0. The summed E-state index contributed by atoms with van der Waals surface area (Å²) in [5.74, 6) is -0.380. The Hall–Kier alpha value is 0.0900. The summed E-state index contributed by atoms with van der Waals surface area (Å²) < 4.78 is 22.5. The summed E-state index contributed by atoms with van der Waals surface area (Å²) in [5.41, 5.74) is -1.42. The second kappa shape index (κ2) is 3.66. The molecule has 64 valence electrons. The molecular weight excluding hydrogens is 266 g/mol. The molecule has 0 saturated carbocycles. The number of alkyl halides is 2. The molecule has 11 heavy (non-hydrogen) atoms. The summed E-state index contributed by atoms with van der Waals surface area (Å²) in [6.45, 7) is -0.0854. The van der Waals surface area contributed by atoms with E-state index in [0.717, 1.165) is 0 Å². The van der Waals surface area contributed by atoms with Crippen LogP contribution in [-0.2, 0) is 14.3 Å². The highest BCUT2D eigenvalue weighted by molar-refractivity contribution is 14.1. The Labute approximate surface area is 77.4 Å². The van der Waals surface area contributed by atoms with Gasteiger partial charge >= 0.3 is 5.97 Å². The van der Waals surface area contributed by atoms with E-state index in [1.54, 1.807) is 0 Å². The molecule has 3 nitrogen and oxygen atoms in total. The Balaban J connectivity index is 2.16. The summed E-state index contributed by atoms with van der Waals surface area (Å²) in [4.78, 5) is 10.6. The Morgan fingerprint density at radius 3 is 2.73 bits per heavy atom. The predicted molar refractivity (Wildman–Crippen MR) is 44.5 cm³/mol. The standard InChI is InChI=1S/C6H8FIO3/c7-6(2-10-3-6)4-11-5(9)1-8/h1-4H2. The molecule has 0 aromatic carbocycles. The lowest BCUT2D eigenvalue weighted by Crippen LogP contribution is -2.49. The van der Waals surface area contributed by atoms with Crippen LogP contribution >= 0.6 is 22.6 Å². The molecule has 0 amide bonds. The molecule has 0 aromatic rings. The van der Waals surface area contributed by atoms with Crippen LogP contribution < -0.4 is 0 Å². The van der Waals surface area contributed by atoms with E-state index in [2.05, 4.69) is 9.47 Å². The van der Waals surface area contributed by atoms with Gasteiger partial charge in [0.05, 0.1) is 17.6 Å². The molecule has 0 bridgehead atoms. The van der Waals surface area contributed by atoms with Crippen molar-refractivity contribution in [3.05, 3.63) is 0 Å². The molecule has 0 unspecified atom stereocenters. The van der Waals surface area contributed by atoms with Crippen molar-refractivity contribution >= 4 is 28.6 Å². The van der Waals surface area contributed by atoms with E-state index in [1.165, 1.54) is 0 Å². The zero-order valence-electron chi connectivity index (χ0n) is 5.81. The van der Waals surface area contributed by atoms with Gasteiger partial charge in [-0.2, -0.15) is 0 Å². The maximum atomic E-state index is 13.0. The number of halogens is 2. The van der Waals surface area contributed by atoms with Gasteiger partial charge in [-0.15, -0.1) is 0 Å². The van der Waals surface area contributed by atoms with Gasteiger partial charge in [0.15, 0.2) is 5.67 Å². The average Bonchev–Trinajstić information content (AvgIpc) is 1.96. The first kappa shape index (κ1) is 9.18. The van der Waals surface area contributed by atoms with Crippen LogP contribution in [0.5, 0.6) is 0 Å². The van der Waals surface area contributed by atoms with Crippen molar-refractivity contribution in [1.29, 1.82) is 0 Å². The largest absolute Gasteiger partial charge is 0.462 e. The van der Waals surface area contributed by atoms with E-state index in [0.29, 0.717) is 0 Å². The molecule has 1 heterocycles. The Morgan fingerprint density at radius 1 is 1.73 bits per heavy atom. The monoisotopic (exact) mass is 274 g/mol. The highest BCUT2D eigenvalue weighted by Gasteiger charge is 2.40. The van der Waals surface area contributed by atoms with Gasteiger partial charge in [-0.3, -0.25) is 4.79 Å². The van der Waals surface area contributed by atoms with E-state index >= 15 is 0 Å². The summed E-state index contributed by atoms with van der Waals surface area (Å²) in [7, 11) is 0. The smallest absolute Gasteiger partial charge is 0.315 e. The van der Waals surface area contributed by atoms with Gasteiger partial charge < -0.3 is 9.47 Å². The topological polar surface area (TPSA) is 35.5 Å².